The minimum Gasteiger partial charge on any atom is -0.462 e. The predicted molar refractivity (Wildman–Crippen MR) is 66.0 cm³/mol. The third-order valence-corrected chi connectivity index (χ3v) is 2.22. The Kier molecular flexibility index (Phi) is 4.88. The minimum atomic E-state index is -0.654. The van der Waals surface area contributed by atoms with E-state index in [9.17, 15) is 4.79 Å². The Hall–Kier alpha value is -2.35. The van der Waals surface area contributed by atoms with Crippen LogP contribution < -0.4 is 5.49 Å². The molecule has 0 amide bonds. The molecule has 94 valence electrons. The molecule has 1 aromatic rings. The van der Waals surface area contributed by atoms with E-state index in [1.54, 1.807) is 17.6 Å². The largest absolute Gasteiger partial charge is 0.462 e. The SMILES string of the molecule is CCOC(=O)/C(C#N)=C/N=c1cc(C)ccn1C. The Bertz CT molecular complexity index is 577. The Morgan fingerprint density at radius 2 is 2.39 bits per heavy atom. The summed E-state index contributed by atoms with van der Waals surface area (Å²) >= 11 is 0. The topological polar surface area (TPSA) is 67.4 Å². The number of aryl methyl sites for hydroxylation is 2. The molecule has 18 heavy (non-hydrogen) atoms. The zero-order chi connectivity index (χ0) is 13.5. The van der Waals surface area contributed by atoms with Crippen molar-refractivity contribution in [3.63, 3.8) is 0 Å². The van der Waals surface area contributed by atoms with Gasteiger partial charge in [0.2, 0.25) is 0 Å². The number of carbonyl (C=O) groups is 1. The van der Waals surface area contributed by atoms with Crippen LogP contribution in [-0.4, -0.2) is 17.1 Å². The van der Waals surface area contributed by atoms with E-state index in [1.807, 2.05) is 32.3 Å². The standard InChI is InChI=1S/C13H15N3O2/c1-4-18-13(17)11(8-14)9-15-12-7-10(2)5-6-16(12)3/h5-7,9H,4H2,1-3H3/b11-9+,15-12?. The first-order valence-corrected chi connectivity index (χ1v) is 5.53. The second-order valence-corrected chi connectivity index (χ2v) is 3.68. The summed E-state index contributed by atoms with van der Waals surface area (Å²) in [5.74, 6) is -0.654. The van der Waals surface area contributed by atoms with E-state index in [2.05, 4.69) is 4.99 Å². The van der Waals surface area contributed by atoms with Crippen LogP contribution in [0.1, 0.15) is 12.5 Å². The van der Waals surface area contributed by atoms with Gasteiger partial charge in [-0.05, 0) is 31.5 Å². The zero-order valence-electron chi connectivity index (χ0n) is 10.7. The van der Waals surface area contributed by atoms with Crippen LogP contribution in [0.5, 0.6) is 0 Å². The second kappa shape index (κ2) is 6.40. The maximum absolute atomic E-state index is 11.4. The molecule has 1 heterocycles. The molecule has 0 aliphatic carbocycles. The molecule has 0 aliphatic heterocycles. The molecular weight excluding hydrogens is 230 g/mol. The second-order valence-electron chi connectivity index (χ2n) is 3.68. The normalized spacial score (nSPS) is 12.1. The highest BCUT2D eigenvalue weighted by molar-refractivity contribution is 5.92. The van der Waals surface area contributed by atoms with Gasteiger partial charge in [-0.25, -0.2) is 9.79 Å². The fourth-order valence-corrected chi connectivity index (χ4v) is 1.25. The Balaban J connectivity index is 3.12. The number of pyridine rings is 1. The van der Waals surface area contributed by atoms with Crippen molar-refractivity contribution < 1.29 is 9.53 Å². The number of carbonyl (C=O) groups excluding carboxylic acids is 1. The van der Waals surface area contributed by atoms with Gasteiger partial charge in [-0.15, -0.1) is 0 Å². The van der Waals surface area contributed by atoms with Crippen molar-refractivity contribution in [2.75, 3.05) is 6.61 Å². The van der Waals surface area contributed by atoms with Crippen LogP contribution in [0.3, 0.4) is 0 Å². The molecule has 0 saturated carbocycles. The molecule has 0 radical (unpaired) electrons. The van der Waals surface area contributed by atoms with Gasteiger partial charge in [0.05, 0.1) is 12.8 Å². The third-order valence-electron chi connectivity index (χ3n) is 2.22. The van der Waals surface area contributed by atoms with Crippen LogP contribution in [0, 0.1) is 18.3 Å². The zero-order valence-corrected chi connectivity index (χ0v) is 10.7. The molecular formula is C13H15N3O2. The minimum absolute atomic E-state index is 0.113. The lowest BCUT2D eigenvalue weighted by Crippen LogP contribution is -2.16. The number of hydrogen-bond acceptors (Lipinski definition) is 4. The molecule has 1 rings (SSSR count). The molecule has 5 nitrogen and oxygen atoms in total. The molecule has 1 aromatic heterocycles. The number of nitrogens with zero attached hydrogens (tertiary/aromatic N) is 3. The van der Waals surface area contributed by atoms with Crippen LogP contribution >= 0.6 is 0 Å². The monoisotopic (exact) mass is 245 g/mol. The summed E-state index contributed by atoms with van der Waals surface area (Å²) in [4.78, 5) is 15.5. The lowest BCUT2D eigenvalue weighted by atomic mass is 10.3. The fourth-order valence-electron chi connectivity index (χ4n) is 1.25. The van der Waals surface area contributed by atoms with Crippen LogP contribution in [-0.2, 0) is 16.6 Å². The van der Waals surface area contributed by atoms with Gasteiger partial charge in [-0.1, -0.05) is 0 Å². The van der Waals surface area contributed by atoms with Crippen molar-refractivity contribution in [1.82, 2.24) is 4.57 Å². The van der Waals surface area contributed by atoms with Crippen molar-refractivity contribution in [1.29, 1.82) is 5.26 Å². The predicted octanol–water partition coefficient (Wildman–Crippen LogP) is 1.20. The molecule has 0 N–H and O–H groups in total. The summed E-state index contributed by atoms with van der Waals surface area (Å²) < 4.78 is 6.54. The average molecular weight is 245 g/mol. The average Bonchev–Trinajstić information content (AvgIpc) is 2.34. The van der Waals surface area contributed by atoms with Crippen LogP contribution in [0.2, 0.25) is 0 Å². The van der Waals surface area contributed by atoms with Gasteiger partial charge >= 0.3 is 5.97 Å². The first-order valence-electron chi connectivity index (χ1n) is 5.53. The first kappa shape index (κ1) is 13.7. The molecule has 0 spiro atoms. The van der Waals surface area contributed by atoms with Gasteiger partial charge in [0, 0.05) is 13.2 Å². The van der Waals surface area contributed by atoms with E-state index < -0.39 is 5.97 Å². The van der Waals surface area contributed by atoms with Gasteiger partial charge in [-0.3, -0.25) is 0 Å². The first-order chi connectivity index (χ1) is 8.58. The van der Waals surface area contributed by atoms with Gasteiger partial charge < -0.3 is 9.30 Å². The van der Waals surface area contributed by atoms with Crippen LogP contribution in [0.15, 0.2) is 35.1 Å². The summed E-state index contributed by atoms with van der Waals surface area (Å²) in [7, 11) is 1.84. The van der Waals surface area contributed by atoms with Crippen molar-refractivity contribution in [2.45, 2.75) is 13.8 Å². The number of rotatable bonds is 3. The summed E-state index contributed by atoms with van der Waals surface area (Å²) in [6, 6.07) is 5.58. The molecule has 0 unspecified atom stereocenters. The van der Waals surface area contributed by atoms with Crippen molar-refractivity contribution >= 4 is 5.97 Å². The molecule has 0 aromatic carbocycles. The highest BCUT2D eigenvalue weighted by Gasteiger charge is 2.08. The maximum Gasteiger partial charge on any atom is 0.350 e. The van der Waals surface area contributed by atoms with E-state index in [0.717, 1.165) is 5.56 Å². The molecule has 0 saturated heterocycles. The quantitative estimate of drug-likeness (QED) is 0.456. The summed E-state index contributed by atoms with van der Waals surface area (Å²) in [5.41, 5.74) is 1.60. The van der Waals surface area contributed by atoms with Crippen molar-refractivity contribution in [2.24, 2.45) is 12.0 Å². The summed E-state index contributed by atoms with van der Waals surface area (Å²) in [6.45, 7) is 3.86. The number of esters is 1. The lowest BCUT2D eigenvalue weighted by molar-refractivity contribution is -0.138. The van der Waals surface area contributed by atoms with Crippen LogP contribution in [0.4, 0.5) is 0 Å². The number of ether oxygens (including phenoxy) is 1. The molecule has 0 atom stereocenters. The smallest absolute Gasteiger partial charge is 0.350 e. The summed E-state index contributed by atoms with van der Waals surface area (Å²) in [6.07, 6.45) is 3.09. The van der Waals surface area contributed by atoms with E-state index in [-0.39, 0.29) is 12.2 Å². The number of aromatic nitrogens is 1. The highest BCUT2D eigenvalue weighted by atomic mass is 16.5. The maximum atomic E-state index is 11.4. The molecule has 0 bridgehead atoms. The van der Waals surface area contributed by atoms with Gasteiger partial charge in [-0.2, -0.15) is 5.26 Å². The Labute approximate surface area is 106 Å². The number of nitriles is 1. The van der Waals surface area contributed by atoms with Gasteiger partial charge in [0.1, 0.15) is 11.6 Å². The van der Waals surface area contributed by atoms with E-state index >= 15 is 0 Å². The fraction of sp³-hybridized carbons (Fsp3) is 0.308. The Morgan fingerprint density at radius 1 is 1.67 bits per heavy atom. The number of hydrogen-bond donors (Lipinski definition) is 0. The van der Waals surface area contributed by atoms with E-state index in [1.165, 1.54) is 6.20 Å². The van der Waals surface area contributed by atoms with Crippen LogP contribution in [0.25, 0.3) is 0 Å². The van der Waals surface area contributed by atoms with Crippen molar-refractivity contribution in [3.05, 3.63) is 41.2 Å². The van der Waals surface area contributed by atoms with Gasteiger partial charge in [0.25, 0.3) is 0 Å². The van der Waals surface area contributed by atoms with Gasteiger partial charge in [0.15, 0.2) is 5.57 Å². The van der Waals surface area contributed by atoms with E-state index in [0.29, 0.717) is 5.49 Å². The van der Waals surface area contributed by atoms with Crippen molar-refractivity contribution in [3.8, 4) is 6.07 Å². The summed E-state index contributed by atoms with van der Waals surface area (Å²) in [5, 5.41) is 8.84. The Morgan fingerprint density at radius 3 is 3.00 bits per heavy atom. The van der Waals surface area contributed by atoms with E-state index in [4.69, 9.17) is 10.00 Å². The molecule has 0 aliphatic rings. The highest BCUT2D eigenvalue weighted by Crippen LogP contribution is 1.97. The third kappa shape index (κ3) is 3.59. The molecule has 0 fully saturated rings. The lowest BCUT2D eigenvalue weighted by Gasteiger charge is -2.00. The molecule has 5 heteroatoms.